The lowest BCUT2D eigenvalue weighted by Crippen LogP contribution is -2.30. The molecule has 0 aromatic heterocycles. The molecule has 0 radical (unpaired) electrons. The van der Waals surface area contributed by atoms with Gasteiger partial charge in [-0.15, -0.1) is 0 Å². The van der Waals surface area contributed by atoms with E-state index in [2.05, 4.69) is 0 Å². The molecule has 0 saturated heterocycles. The highest BCUT2D eigenvalue weighted by Gasteiger charge is 2.09. The summed E-state index contributed by atoms with van der Waals surface area (Å²) in [6.45, 7) is 0.560. The summed E-state index contributed by atoms with van der Waals surface area (Å²) in [6.07, 6.45) is 1.42. The van der Waals surface area contributed by atoms with Gasteiger partial charge in [0, 0.05) is 19.9 Å². The third-order valence-corrected chi connectivity index (χ3v) is 2.98. The smallest absolute Gasteiger partial charge is 0.303 e. The molecule has 1 aromatic carbocycles. The molecule has 0 spiro atoms. The van der Waals surface area contributed by atoms with E-state index in [1.807, 2.05) is 0 Å². The van der Waals surface area contributed by atoms with E-state index in [1.54, 1.807) is 19.2 Å². The average Bonchev–Trinajstić information content (AvgIpc) is 2.45. The van der Waals surface area contributed by atoms with Gasteiger partial charge in [0.15, 0.2) is 11.6 Å². The Balaban J connectivity index is 2.21. The number of nitrogens with zero attached hydrogens (tertiary/aromatic N) is 1. The molecule has 116 valence electrons. The van der Waals surface area contributed by atoms with Crippen molar-refractivity contribution in [3.8, 4) is 5.75 Å². The summed E-state index contributed by atoms with van der Waals surface area (Å²) in [5.41, 5.74) is 0. The third kappa shape index (κ3) is 6.74. The molecule has 0 fully saturated rings. The van der Waals surface area contributed by atoms with Crippen LogP contribution in [0.3, 0.4) is 0 Å². The van der Waals surface area contributed by atoms with Gasteiger partial charge in [-0.25, -0.2) is 4.39 Å². The molecule has 0 atom stereocenters. The quantitative estimate of drug-likeness (QED) is 0.710. The van der Waals surface area contributed by atoms with Crippen LogP contribution in [-0.4, -0.2) is 42.1 Å². The van der Waals surface area contributed by atoms with Gasteiger partial charge in [-0.3, -0.25) is 9.59 Å². The average molecular weight is 297 g/mol. The standard InChI is InChI=1S/C15H20FNO4/c1-17(14(18)8-4-5-9-15(19)20)10-11-21-13-7-3-2-6-12(13)16/h2-3,6-7H,4-5,8-11H2,1H3,(H,19,20). The Morgan fingerprint density at radius 3 is 2.57 bits per heavy atom. The van der Waals surface area contributed by atoms with Crippen molar-refractivity contribution in [2.75, 3.05) is 20.2 Å². The van der Waals surface area contributed by atoms with Crippen LogP contribution in [0.4, 0.5) is 4.39 Å². The molecule has 0 unspecified atom stereocenters. The molecule has 21 heavy (non-hydrogen) atoms. The topological polar surface area (TPSA) is 66.8 Å². The number of carboxylic acid groups (broad SMARTS) is 1. The normalized spacial score (nSPS) is 10.2. The number of hydrogen-bond acceptors (Lipinski definition) is 3. The zero-order valence-corrected chi connectivity index (χ0v) is 12.0. The minimum atomic E-state index is -0.853. The van der Waals surface area contributed by atoms with Gasteiger partial charge in [-0.05, 0) is 25.0 Å². The highest BCUT2D eigenvalue weighted by atomic mass is 19.1. The second-order valence-corrected chi connectivity index (χ2v) is 4.70. The van der Waals surface area contributed by atoms with E-state index >= 15 is 0 Å². The predicted octanol–water partition coefficient (Wildman–Crippen LogP) is 2.31. The Morgan fingerprint density at radius 1 is 1.24 bits per heavy atom. The van der Waals surface area contributed by atoms with Gasteiger partial charge in [0.05, 0.1) is 6.54 Å². The molecule has 0 aliphatic carbocycles. The number of ether oxygens (including phenoxy) is 1. The van der Waals surface area contributed by atoms with Crippen LogP contribution in [0, 0.1) is 5.82 Å². The number of para-hydroxylation sites is 1. The van der Waals surface area contributed by atoms with Crippen molar-refractivity contribution in [3.05, 3.63) is 30.1 Å². The van der Waals surface area contributed by atoms with Crippen LogP contribution in [-0.2, 0) is 9.59 Å². The van der Waals surface area contributed by atoms with Crippen molar-refractivity contribution >= 4 is 11.9 Å². The zero-order chi connectivity index (χ0) is 15.7. The van der Waals surface area contributed by atoms with E-state index in [-0.39, 0.29) is 24.7 Å². The van der Waals surface area contributed by atoms with Crippen molar-refractivity contribution in [1.29, 1.82) is 0 Å². The van der Waals surface area contributed by atoms with E-state index in [4.69, 9.17) is 9.84 Å². The molecule has 0 aliphatic rings. The van der Waals surface area contributed by atoms with Crippen LogP contribution in [0.25, 0.3) is 0 Å². The number of benzene rings is 1. The van der Waals surface area contributed by atoms with Crippen molar-refractivity contribution in [2.45, 2.75) is 25.7 Å². The van der Waals surface area contributed by atoms with E-state index in [1.165, 1.54) is 17.0 Å². The molecule has 0 aliphatic heterocycles. The summed E-state index contributed by atoms with van der Waals surface area (Å²) in [5.74, 6) is -1.19. The minimum Gasteiger partial charge on any atom is -0.489 e. The number of unbranched alkanes of at least 4 members (excludes halogenated alkanes) is 1. The maximum absolute atomic E-state index is 13.3. The predicted molar refractivity (Wildman–Crippen MR) is 75.6 cm³/mol. The number of hydrogen-bond donors (Lipinski definition) is 1. The SMILES string of the molecule is CN(CCOc1ccccc1F)C(=O)CCCCC(=O)O. The monoisotopic (exact) mass is 297 g/mol. The second kappa shape index (κ2) is 8.94. The molecule has 6 heteroatoms. The van der Waals surface area contributed by atoms with Crippen LogP contribution in [0.1, 0.15) is 25.7 Å². The number of carboxylic acids is 1. The van der Waals surface area contributed by atoms with Crippen LogP contribution >= 0.6 is 0 Å². The summed E-state index contributed by atoms with van der Waals surface area (Å²) in [6, 6.07) is 6.10. The highest BCUT2D eigenvalue weighted by molar-refractivity contribution is 5.75. The second-order valence-electron chi connectivity index (χ2n) is 4.70. The Kier molecular flexibility index (Phi) is 7.21. The fourth-order valence-electron chi connectivity index (χ4n) is 1.72. The first kappa shape index (κ1) is 16.9. The molecule has 5 nitrogen and oxygen atoms in total. The van der Waals surface area contributed by atoms with Gasteiger partial charge in [0.25, 0.3) is 0 Å². The van der Waals surface area contributed by atoms with Crippen molar-refractivity contribution < 1.29 is 23.8 Å². The molecular weight excluding hydrogens is 277 g/mol. The molecule has 0 saturated carbocycles. The van der Waals surface area contributed by atoms with Crippen molar-refractivity contribution in [2.24, 2.45) is 0 Å². The number of aliphatic carboxylic acids is 1. The van der Waals surface area contributed by atoms with E-state index in [9.17, 15) is 14.0 Å². The van der Waals surface area contributed by atoms with Crippen molar-refractivity contribution in [3.63, 3.8) is 0 Å². The van der Waals surface area contributed by atoms with Gasteiger partial charge in [-0.1, -0.05) is 12.1 Å². The number of carbonyl (C=O) groups is 2. The Bertz CT molecular complexity index is 478. The third-order valence-electron chi connectivity index (χ3n) is 2.98. The first-order chi connectivity index (χ1) is 10.0. The summed E-state index contributed by atoms with van der Waals surface area (Å²) in [4.78, 5) is 23.6. The summed E-state index contributed by atoms with van der Waals surface area (Å²) >= 11 is 0. The van der Waals surface area contributed by atoms with E-state index < -0.39 is 11.8 Å². The Labute approximate surface area is 123 Å². The highest BCUT2D eigenvalue weighted by Crippen LogP contribution is 2.15. The lowest BCUT2D eigenvalue weighted by molar-refractivity contribution is -0.137. The number of rotatable bonds is 9. The van der Waals surface area contributed by atoms with Gasteiger partial charge < -0.3 is 14.7 Å². The summed E-state index contributed by atoms with van der Waals surface area (Å²) in [5, 5.41) is 8.49. The molecule has 1 rings (SSSR count). The fourth-order valence-corrected chi connectivity index (χ4v) is 1.72. The summed E-state index contributed by atoms with van der Waals surface area (Å²) < 4.78 is 18.6. The van der Waals surface area contributed by atoms with Gasteiger partial charge >= 0.3 is 5.97 Å². The van der Waals surface area contributed by atoms with Crippen molar-refractivity contribution in [1.82, 2.24) is 4.90 Å². The summed E-state index contributed by atoms with van der Waals surface area (Å²) in [7, 11) is 1.64. The lowest BCUT2D eigenvalue weighted by Gasteiger charge is -2.17. The fraction of sp³-hybridized carbons (Fsp3) is 0.467. The molecule has 1 aromatic rings. The largest absolute Gasteiger partial charge is 0.489 e. The van der Waals surface area contributed by atoms with E-state index in [0.29, 0.717) is 25.8 Å². The van der Waals surface area contributed by atoms with E-state index in [0.717, 1.165) is 0 Å². The first-order valence-electron chi connectivity index (χ1n) is 6.84. The van der Waals surface area contributed by atoms with Crippen LogP contribution in [0.15, 0.2) is 24.3 Å². The Hall–Kier alpha value is -2.11. The van der Waals surface area contributed by atoms with Gasteiger partial charge in [-0.2, -0.15) is 0 Å². The van der Waals surface area contributed by atoms with Crippen LogP contribution < -0.4 is 4.74 Å². The lowest BCUT2D eigenvalue weighted by atomic mass is 10.2. The van der Waals surface area contributed by atoms with Crippen LogP contribution in [0.5, 0.6) is 5.75 Å². The Morgan fingerprint density at radius 2 is 1.90 bits per heavy atom. The van der Waals surface area contributed by atoms with Gasteiger partial charge in [0.2, 0.25) is 5.91 Å². The molecule has 1 amide bonds. The number of halogens is 1. The number of likely N-dealkylation sites (N-methyl/N-ethyl adjacent to an activating group) is 1. The molecular formula is C15H20FNO4. The maximum Gasteiger partial charge on any atom is 0.303 e. The van der Waals surface area contributed by atoms with Gasteiger partial charge in [0.1, 0.15) is 6.61 Å². The van der Waals surface area contributed by atoms with Crippen LogP contribution in [0.2, 0.25) is 0 Å². The maximum atomic E-state index is 13.3. The first-order valence-corrected chi connectivity index (χ1v) is 6.84. The zero-order valence-electron chi connectivity index (χ0n) is 12.0. The molecule has 1 N–H and O–H groups in total. The minimum absolute atomic E-state index is 0.0717. The molecule has 0 heterocycles. The number of amides is 1. The molecule has 0 bridgehead atoms. The number of carbonyl (C=O) groups excluding carboxylic acids is 1.